The van der Waals surface area contributed by atoms with Crippen LogP contribution >= 0.6 is 22.9 Å². The number of aromatic nitrogens is 2. The topological polar surface area (TPSA) is 70.9 Å². The number of halogens is 1. The zero-order chi connectivity index (χ0) is 14.0. The quantitative estimate of drug-likeness (QED) is 0.911. The highest BCUT2D eigenvalue weighted by Gasteiger charge is 2.29. The Kier molecular flexibility index (Phi) is 4.13. The van der Waals surface area contributed by atoms with Gasteiger partial charge in [0.1, 0.15) is 0 Å². The van der Waals surface area contributed by atoms with Crippen molar-refractivity contribution in [3.8, 4) is 0 Å². The fourth-order valence-corrected chi connectivity index (χ4v) is 2.87. The summed E-state index contributed by atoms with van der Waals surface area (Å²) in [6.45, 7) is 6.87. The summed E-state index contributed by atoms with van der Waals surface area (Å²) in [6.07, 6.45) is 0. The van der Waals surface area contributed by atoms with Crippen LogP contribution in [-0.4, -0.2) is 10.1 Å². The Morgan fingerprint density at radius 3 is 2.74 bits per heavy atom. The molecule has 0 amide bonds. The van der Waals surface area contributed by atoms with E-state index in [2.05, 4.69) is 40.8 Å². The molecule has 0 aliphatic carbocycles. The Hall–Kier alpha value is -1.11. The molecule has 104 valence electrons. The predicted molar refractivity (Wildman–Crippen MR) is 75.5 cm³/mol. The van der Waals surface area contributed by atoms with Gasteiger partial charge in [-0.05, 0) is 17.5 Å². The molecule has 2 N–H and O–H groups in total. The normalized spacial score (nSPS) is 13.7. The molecule has 0 aromatic carbocycles. The molecule has 2 heterocycles. The number of hydrogen-bond acceptors (Lipinski definition) is 5. The van der Waals surface area contributed by atoms with Crippen LogP contribution in [0.15, 0.2) is 21.5 Å². The molecule has 0 aliphatic rings. The molecule has 0 radical (unpaired) electrons. The maximum Gasteiger partial charge on any atom is 0.438 e. The van der Waals surface area contributed by atoms with Gasteiger partial charge < -0.3 is 5.32 Å². The van der Waals surface area contributed by atoms with Crippen LogP contribution in [0.2, 0.25) is 4.34 Å². The second-order valence-electron chi connectivity index (χ2n) is 5.37. The molecule has 2 aromatic rings. The Bertz CT molecular complexity index is 596. The molecule has 1 unspecified atom stereocenters. The van der Waals surface area contributed by atoms with E-state index in [0.29, 0.717) is 12.4 Å². The molecule has 0 bridgehead atoms. The molecule has 0 aliphatic heterocycles. The van der Waals surface area contributed by atoms with E-state index in [0.717, 1.165) is 9.21 Å². The van der Waals surface area contributed by atoms with Crippen molar-refractivity contribution in [2.75, 3.05) is 0 Å². The lowest BCUT2D eigenvalue weighted by molar-refractivity contribution is 0.252. The zero-order valence-electron chi connectivity index (χ0n) is 11.0. The van der Waals surface area contributed by atoms with Gasteiger partial charge in [0.25, 0.3) is 0 Å². The van der Waals surface area contributed by atoms with Crippen molar-refractivity contribution >= 4 is 22.9 Å². The highest BCUT2D eigenvalue weighted by Crippen LogP contribution is 2.31. The molecule has 1 atom stereocenters. The van der Waals surface area contributed by atoms with Crippen molar-refractivity contribution < 1.29 is 4.52 Å². The van der Waals surface area contributed by atoms with Gasteiger partial charge in [0, 0.05) is 11.4 Å². The first-order valence-electron chi connectivity index (χ1n) is 5.90. The number of aromatic amines is 1. The second-order valence-corrected chi connectivity index (χ2v) is 7.17. The summed E-state index contributed by atoms with van der Waals surface area (Å²) in [5.74, 6) is -0.0228. The number of thiophene rings is 1. The van der Waals surface area contributed by atoms with Gasteiger partial charge in [0.15, 0.2) is 5.82 Å². The highest BCUT2D eigenvalue weighted by atomic mass is 35.5. The summed E-state index contributed by atoms with van der Waals surface area (Å²) in [5, 5.41) is 7.15. The number of hydrogen-bond donors (Lipinski definition) is 2. The minimum atomic E-state index is -0.537. The molecule has 0 saturated carbocycles. The van der Waals surface area contributed by atoms with Crippen LogP contribution < -0.4 is 11.1 Å². The van der Waals surface area contributed by atoms with Gasteiger partial charge in [0.2, 0.25) is 0 Å². The van der Waals surface area contributed by atoms with Crippen LogP contribution in [0.5, 0.6) is 0 Å². The van der Waals surface area contributed by atoms with Crippen molar-refractivity contribution in [3.63, 3.8) is 0 Å². The first kappa shape index (κ1) is 14.3. The summed E-state index contributed by atoms with van der Waals surface area (Å²) < 4.78 is 5.34. The van der Waals surface area contributed by atoms with Crippen molar-refractivity contribution in [2.24, 2.45) is 5.41 Å². The molecular formula is C12H16ClN3O2S. The Morgan fingerprint density at radius 1 is 1.53 bits per heavy atom. The fraction of sp³-hybridized carbons (Fsp3) is 0.500. The lowest BCUT2D eigenvalue weighted by Gasteiger charge is -2.29. The minimum Gasteiger partial charge on any atom is -0.302 e. The van der Waals surface area contributed by atoms with E-state index in [1.165, 1.54) is 11.3 Å². The maximum atomic E-state index is 11.1. The summed E-state index contributed by atoms with van der Waals surface area (Å²) in [4.78, 5) is 14.8. The van der Waals surface area contributed by atoms with Crippen LogP contribution in [0.3, 0.4) is 0 Å². The van der Waals surface area contributed by atoms with Crippen LogP contribution in [0.1, 0.15) is 37.5 Å². The summed E-state index contributed by atoms with van der Waals surface area (Å²) >= 11 is 7.43. The van der Waals surface area contributed by atoms with Gasteiger partial charge >= 0.3 is 5.76 Å². The first-order chi connectivity index (χ1) is 8.86. The molecular weight excluding hydrogens is 286 g/mol. The molecule has 19 heavy (non-hydrogen) atoms. The van der Waals surface area contributed by atoms with Crippen LogP contribution in [0.25, 0.3) is 0 Å². The van der Waals surface area contributed by atoms with Gasteiger partial charge in [-0.2, -0.15) is 0 Å². The predicted octanol–water partition coefficient (Wildman–Crippen LogP) is 2.95. The van der Waals surface area contributed by atoms with E-state index in [1.807, 2.05) is 12.1 Å². The summed E-state index contributed by atoms with van der Waals surface area (Å²) in [7, 11) is 0. The lowest BCUT2D eigenvalue weighted by atomic mass is 9.86. The molecule has 0 spiro atoms. The van der Waals surface area contributed by atoms with Crippen LogP contribution in [-0.2, 0) is 6.54 Å². The molecule has 2 aromatic heterocycles. The summed E-state index contributed by atoms with van der Waals surface area (Å²) in [5.41, 5.74) is -0.110. The van der Waals surface area contributed by atoms with Crippen molar-refractivity contribution in [2.45, 2.75) is 33.4 Å². The minimum absolute atomic E-state index is 0.110. The van der Waals surface area contributed by atoms with E-state index >= 15 is 0 Å². The third-order valence-corrected chi connectivity index (χ3v) is 3.94. The van der Waals surface area contributed by atoms with Crippen LogP contribution in [0.4, 0.5) is 0 Å². The van der Waals surface area contributed by atoms with E-state index < -0.39 is 5.76 Å². The standard InChI is InChI=1S/C12H16ClN3O2S/c1-12(2,3)9(10-15-11(17)18-16-10)14-6-7-4-5-8(13)19-7/h4-5,9,14H,6H2,1-3H3,(H,15,16,17). The number of H-pyrrole nitrogens is 1. The van der Waals surface area contributed by atoms with Gasteiger partial charge in [0.05, 0.1) is 10.4 Å². The zero-order valence-corrected chi connectivity index (χ0v) is 12.6. The van der Waals surface area contributed by atoms with Crippen molar-refractivity contribution in [1.29, 1.82) is 0 Å². The number of rotatable bonds is 4. The number of nitrogens with one attached hydrogen (secondary N) is 2. The average molecular weight is 302 g/mol. The monoisotopic (exact) mass is 301 g/mol. The number of nitrogens with zero attached hydrogens (tertiary/aromatic N) is 1. The van der Waals surface area contributed by atoms with Crippen molar-refractivity contribution in [3.05, 3.63) is 37.7 Å². The molecule has 2 rings (SSSR count). The molecule has 5 nitrogen and oxygen atoms in total. The van der Waals surface area contributed by atoms with E-state index in [1.54, 1.807) is 0 Å². The highest BCUT2D eigenvalue weighted by molar-refractivity contribution is 7.16. The maximum absolute atomic E-state index is 11.1. The summed E-state index contributed by atoms with van der Waals surface area (Å²) in [6, 6.07) is 3.73. The van der Waals surface area contributed by atoms with Gasteiger partial charge in [-0.25, -0.2) is 4.79 Å². The smallest absolute Gasteiger partial charge is 0.302 e. The van der Waals surface area contributed by atoms with Gasteiger partial charge in [-0.3, -0.25) is 9.51 Å². The van der Waals surface area contributed by atoms with Crippen molar-refractivity contribution in [1.82, 2.24) is 15.5 Å². The Morgan fingerprint density at radius 2 is 2.26 bits per heavy atom. The molecule has 7 heteroatoms. The van der Waals surface area contributed by atoms with E-state index in [4.69, 9.17) is 11.6 Å². The lowest BCUT2D eigenvalue weighted by Crippen LogP contribution is -2.33. The van der Waals surface area contributed by atoms with Crippen LogP contribution in [0, 0.1) is 5.41 Å². The molecule has 0 fully saturated rings. The van der Waals surface area contributed by atoms with Gasteiger partial charge in [-0.1, -0.05) is 37.5 Å². The third kappa shape index (κ3) is 3.68. The second kappa shape index (κ2) is 5.48. The third-order valence-electron chi connectivity index (χ3n) is 2.71. The van der Waals surface area contributed by atoms with E-state index in [9.17, 15) is 4.79 Å². The Balaban J connectivity index is 2.13. The van der Waals surface area contributed by atoms with Gasteiger partial charge in [-0.15, -0.1) is 11.3 Å². The SMILES string of the molecule is CC(C)(C)C(NCc1ccc(Cl)s1)c1noc(=O)[nH]1. The fourth-order valence-electron chi connectivity index (χ4n) is 1.83. The Labute approximate surface area is 120 Å². The first-order valence-corrected chi connectivity index (χ1v) is 7.09. The van der Waals surface area contributed by atoms with E-state index in [-0.39, 0.29) is 11.5 Å². The largest absolute Gasteiger partial charge is 0.438 e. The molecule has 0 saturated heterocycles. The average Bonchev–Trinajstić information content (AvgIpc) is 2.87.